The second-order valence-electron chi connectivity index (χ2n) is 34.1. The summed E-state index contributed by atoms with van der Waals surface area (Å²) in [6, 6.07) is 122. The molecule has 0 aliphatic carbocycles. The van der Waals surface area contributed by atoms with Gasteiger partial charge in [0.05, 0.1) is 112 Å². The van der Waals surface area contributed by atoms with Crippen molar-refractivity contribution in [3.8, 4) is 29.1 Å². The minimum atomic E-state index is 0.249. The Kier molecular flexibility index (Phi) is 14.3. The van der Waals surface area contributed by atoms with Gasteiger partial charge in [0, 0.05) is 136 Å². The van der Waals surface area contributed by atoms with Gasteiger partial charge < -0.3 is 18.0 Å². The van der Waals surface area contributed by atoms with E-state index in [1.165, 1.54) is 141 Å². The maximum absolute atomic E-state index is 7.92. The van der Waals surface area contributed by atoms with Crippen LogP contribution < -0.4 is 0 Å². The van der Waals surface area contributed by atoms with Crippen LogP contribution in [0.15, 0.2) is 358 Å². The molecule has 0 N–H and O–H groups in total. The molecule has 0 fully saturated rings. The Morgan fingerprint density at radius 3 is 0.992 bits per heavy atom. The molecule has 14 heterocycles. The van der Waals surface area contributed by atoms with E-state index in [0.29, 0.717) is 34.6 Å². The number of pyridine rings is 2. The Balaban J connectivity index is 0.0000000969. The number of hydrogen-bond donors (Lipinski definition) is 0. The van der Waals surface area contributed by atoms with Crippen LogP contribution in [0.4, 0.5) is 11.5 Å². The fraction of sp³-hybridized carbons (Fsp3) is 0.00870. The molecule has 0 bridgehead atoms. The molecule has 602 valence electrons. The Hall–Kier alpha value is -18.4. The van der Waals surface area contributed by atoms with Crippen LogP contribution >= 0.6 is 0 Å². The number of hydrogen-bond acceptors (Lipinski definition) is 8. The molecule has 0 aliphatic rings. The largest absolute Gasteiger partial charge is 0.359 e. The summed E-state index contributed by atoms with van der Waals surface area (Å²) in [5.41, 5.74) is 24.2. The average Bonchev–Trinajstić information content (AvgIpc) is 1.52. The molecule has 0 unspecified atom stereocenters. The molecule has 0 saturated carbocycles. The predicted molar refractivity (Wildman–Crippen MR) is 536 cm³/mol. The van der Waals surface area contributed by atoms with Crippen LogP contribution in [0.25, 0.3) is 284 Å². The number of nitrogens with zero attached hydrogens (tertiary/aromatic N) is 16. The fourth-order valence-corrected chi connectivity index (χ4v) is 22.3. The highest BCUT2D eigenvalue weighted by molar-refractivity contribution is 6.41. The van der Waals surface area contributed by atoms with E-state index in [1.807, 2.05) is 48.5 Å². The molecule has 0 amide bonds. The predicted octanol–water partition coefficient (Wildman–Crippen LogP) is 29.0. The summed E-state index contributed by atoms with van der Waals surface area (Å²) in [5.74, 6) is 2.01. The summed E-state index contributed by atoms with van der Waals surface area (Å²) >= 11 is 0. The first kappa shape index (κ1) is 71.0. The quantitative estimate of drug-likeness (QED) is 0.159. The van der Waals surface area contributed by atoms with E-state index in [2.05, 4.69) is 346 Å². The molecule has 14 aromatic heterocycles. The minimum absolute atomic E-state index is 0.249. The van der Waals surface area contributed by atoms with Crippen molar-refractivity contribution in [1.82, 2.24) is 66.8 Å². The zero-order chi connectivity index (χ0) is 85.9. The Morgan fingerprint density at radius 2 is 0.573 bits per heavy atom. The molecule has 0 atom stereocenters. The number of rotatable bonds is 4. The number of benzene rings is 17. The van der Waals surface area contributed by atoms with Crippen molar-refractivity contribution < 1.29 is 0 Å². The fourth-order valence-electron chi connectivity index (χ4n) is 22.3. The van der Waals surface area contributed by atoms with E-state index in [-0.39, 0.29) is 5.82 Å². The first-order chi connectivity index (χ1) is 64.9. The third-order valence-electron chi connectivity index (χ3n) is 27.6. The molecule has 17 aromatic carbocycles. The SMILES string of the molecule is Cc1nc(-n2c3cc4c5ccccc5n5c6ccccc6c(c3c3ccc6ccccc6c32)c45)nc2ccccc12.[C-]#[N+]c1ccc(-c2nc(-n3c4cc5c6ccccc6n6c7ccccc7c(c4c4ccc7ccccc7c43)c56)nc3cccnc23)cc1.[C-]#[N+]c1nc(-n2c3cc4c5ccccc5n5c6ccccc6c(c3c3ccc6ccccc6c32)c45)nc2cccnc12. The smallest absolute Gasteiger partial charge is 0.332 e. The van der Waals surface area contributed by atoms with Crippen molar-refractivity contribution in [1.29, 1.82) is 0 Å². The van der Waals surface area contributed by atoms with E-state index in [0.717, 1.165) is 110 Å². The zero-order valence-electron chi connectivity index (χ0n) is 69.7. The molecular formula is C115H62N16. The van der Waals surface area contributed by atoms with Crippen molar-refractivity contribution in [3.05, 3.63) is 387 Å². The van der Waals surface area contributed by atoms with Gasteiger partial charge in [-0.3, -0.25) is 23.7 Å². The summed E-state index contributed by atoms with van der Waals surface area (Å²) < 4.78 is 14.0. The summed E-state index contributed by atoms with van der Waals surface area (Å²) in [6.45, 7) is 17.5. The van der Waals surface area contributed by atoms with Gasteiger partial charge in [-0.1, -0.05) is 272 Å². The molecule has 16 nitrogen and oxygen atoms in total. The van der Waals surface area contributed by atoms with Crippen LogP contribution in [0, 0.1) is 20.1 Å². The number of para-hydroxylation sites is 7. The molecule has 0 saturated heterocycles. The van der Waals surface area contributed by atoms with Crippen LogP contribution in [0.1, 0.15) is 5.69 Å². The van der Waals surface area contributed by atoms with Gasteiger partial charge >= 0.3 is 11.8 Å². The van der Waals surface area contributed by atoms with Crippen molar-refractivity contribution in [2.75, 3.05) is 0 Å². The Labute approximate surface area is 741 Å². The van der Waals surface area contributed by atoms with Gasteiger partial charge in [0.1, 0.15) is 16.7 Å². The average molecular weight is 1670 g/mol. The summed E-state index contributed by atoms with van der Waals surface area (Å²) in [7, 11) is 0. The second kappa shape index (κ2) is 26.4. The zero-order valence-corrected chi connectivity index (χ0v) is 69.7. The highest BCUT2D eigenvalue weighted by Crippen LogP contribution is 2.53. The van der Waals surface area contributed by atoms with Gasteiger partial charge in [0.2, 0.25) is 11.9 Å². The lowest BCUT2D eigenvalue weighted by Crippen LogP contribution is -2.04. The summed E-state index contributed by atoms with van der Waals surface area (Å²) in [4.78, 5) is 47.2. The van der Waals surface area contributed by atoms with Crippen molar-refractivity contribution in [2.45, 2.75) is 6.92 Å². The third-order valence-corrected chi connectivity index (χ3v) is 27.6. The number of fused-ring (bicyclic) bond motifs is 39. The highest BCUT2D eigenvalue weighted by Gasteiger charge is 2.32. The van der Waals surface area contributed by atoms with Crippen LogP contribution in [0.2, 0.25) is 0 Å². The summed E-state index contributed by atoms with van der Waals surface area (Å²) in [6.07, 6.45) is 3.46. The maximum atomic E-state index is 7.92. The first-order valence-electron chi connectivity index (χ1n) is 43.8. The minimum Gasteiger partial charge on any atom is -0.359 e. The lowest BCUT2D eigenvalue weighted by atomic mass is 10.0. The first-order valence-corrected chi connectivity index (χ1v) is 43.8. The number of aryl methyl sites for hydroxylation is 1. The van der Waals surface area contributed by atoms with Gasteiger partial charge in [-0.25, -0.2) is 24.8 Å². The van der Waals surface area contributed by atoms with Gasteiger partial charge in [0.15, 0.2) is 5.69 Å². The third kappa shape index (κ3) is 9.56. The molecule has 131 heavy (non-hydrogen) atoms. The topological polar surface area (TPSA) is 140 Å². The number of aromatic nitrogens is 14. The standard InChI is InChI=1S/C42H22N6.C37H22N4.C36H18N6/c1-43-26-19-16-25(17-20-26)38-39-32(13-8-22-44-39)45-42(46-38)48-35-23-31-28-11-4-6-14-33(28)47-34-15-7-5-12-29(34)37(41(31)47)36(35)30-21-18-24-9-2-3-10-27(24)40(30)48;1-21-23-11-4-7-15-29(23)39-37(38-21)41-32-20-28-25-13-5-8-16-30(25)40-31-17-9-6-14-26(31)34(36(28)40)33(32)27-19-18-22-10-2-3-12-24(22)35(27)41;1-37-35-32-26(13-8-18-38-32)39-36(40-35)42-29-19-25-22-11-4-6-14-27(22)41-28-15-7-5-12-23(28)31(34(25)41)30(29)24-17-16-20-9-2-3-10-21(20)33(24)42/h2-23H;2-20H,1H3;2-19H. The Morgan fingerprint density at radius 1 is 0.237 bits per heavy atom. The normalized spacial score (nSPS) is 12.3. The van der Waals surface area contributed by atoms with Gasteiger partial charge in [-0.05, 0) is 108 Å². The molecule has 16 heteroatoms. The lowest BCUT2D eigenvalue weighted by molar-refractivity contribution is 0.992. The molecule has 0 aliphatic heterocycles. The van der Waals surface area contributed by atoms with E-state index in [4.69, 9.17) is 48.0 Å². The van der Waals surface area contributed by atoms with E-state index >= 15 is 0 Å². The molecule has 0 radical (unpaired) electrons. The van der Waals surface area contributed by atoms with E-state index in [1.54, 1.807) is 12.4 Å². The van der Waals surface area contributed by atoms with Crippen molar-refractivity contribution >= 4 is 256 Å². The van der Waals surface area contributed by atoms with Crippen LogP contribution in [0.3, 0.4) is 0 Å². The maximum Gasteiger partial charge on any atom is 0.332 e. The van der Waals surface area contributed by atoms with Crippen LogP contribution in [-0.2, 0) is 0 Å². The van der Waals surface area contributed by atoms with E-state index < -0.39 is 0 Å². The van der Waals surface area contributed by atoms with Gasteiger partial charge in [0.25, 0.3) is 0 Å². The van der Waals surface area contributed by atoms with Gasteiger partial charge in [-0.2, -0.15) is 4.98 Å². The Bertz CT molecular complexity index is 10600. The monoisotopic (exact) mass is 1670 g/mol. The highest BCUT2D eigenvalue weighted by atomic mass is 15.2. The second-order valence-corrected chi connectivity index (χ2v) is 34.1. The van der Waals surface area contributed by atoms with E-state index in [9.17, 15) is 0 Å². The molecule has 31 rings (SSSR count). The van der Waals surface area contributed by atoms with Gasteiger partial charge in [-0.15, -0.1) is 0 Å². The molecular weight excluding hydrogens is 1610 g/mol. The van der Waals surface area contributed by atoms with Crippen LogP contribution in [-0.4, -0.2) is 66.8 Å². The lowest BCUT2D eigenvalue weighted by Gasteiger charge is -2.12. The van der Waals surface area contributed by atoms with Crippen LogP contribution in [0.5, 0.6) is 0 Å². The van der Waals surface area contributed by atoms with Crippen molar-refractivity contribution in [2.24, 2.45) is 0 Å². The molecule has 31 aromatic rings. The molecule has 0 spiro atoms. The van der Waals surface area contributed by atoms with Crippen molar-refractivity contribution in [3.63, 3.8) is 0 Å². The summed E-state index contributed by atoms with van der Waals surface area (Å²) in [5, 5.41) is 30.0.